The van der Waals surface area contributed by atoms with Gasteiger partial charge in [0, 0.05) is 5.56 Å². The van der Waals surface area contributed by atoms with Crippen LogP contribution < -0.4 is 0 Å². The lowest BCUT2D eigenvalue weighted by Gasteiger charge is -2.17. The molecule has 0 radical (unpaired) electrons. The normalized spacial score (nSPS) is 11.5. The molecule has 4 nitrogen and oxygen atoms in total. The minimum Gasteiger partial charge on any atom is -0.468 e. The van der Waals surface area contributed by atoms with Gasteiger partial charge >= 0.3 is 5.97 Å². The van der Waals surface area contributed by atoms with Crippen molar-refractivity contribution in [3.05, 3.63) is 94.9 Å². The van der Waals surface area contributed by atoms with Gasteiger partial charge in [-0.05, 0) is 35.6 Å². The monoisotopic (exact) mass is 456 g/mol. The summed E-state index contributed by atoms with van der Waals surface area (Å²) in [6.45, 7) is 2.03. The number of aryl methyl sites for hydroxylation is 1. The van der Waals surface area contributed by atoms with Gasteiger partial charge in [0.05, 0.1) is 23.2 Å². The number of hydrogen-bond donors (Lipinski definition) is 0. The molecule has 4 rings (SSSR count). The number of nitriles is 1. The van der Waals surface area contributed by atoms with Crippen LogP contribution in [-0.2, 0) is 9.53 Å². The molecule has 2 aromatic heterocycles. The smallest absolute Gasteiger partial charge is 0.323 e. The minimum atomic E-state index is -0.634. The van der Waals surface area contributed by atoms with Crippen molar-refractivity contribution < 1.29 is 9.53 Å². The fourth-order valence-electron chi connectivity index (χ4n) is 3.33. The number of pyridine rings is 1. The Morgan fingerprint density at radius 2 is 1.84 bits per heavy atom. The first-order chi connectivity index (χ1) is 15.6. The molecule has 0 N–H and O–H groups in total. The van der Waals surface area contributed by atoms with Crippen LogP contribution in [0.3, 0.4) is 0 Å². The van der Waals surface area contributed by atoms with Gasteiger partial charge in [0.25, 0.3) is 0 Å². The zero-order chi connectivity index (χ0) is 22.5. The van der Waals surface area contributed by atoms with Crippen LogP contribution in [0, 0.1) is 18.3 Å². The van der Waals surface area contributed by atoms with Crippen LogP contribution in [0.5, 0.6) is 0 Å². The number of esters is 1. The summed E-state index contributed by atoms with van der Waals surface area (Å²) in [5.74, 6) is -0.384. The molecule has 4 aromatic rings. The molecule has 0 bridgehead atoms. The third-order valence-corrected chi connectivity index (χ3v) is 7.09. The van der Waals surface area contributed by atoms with Crippen molar-refractivity contribution in [1.82, 2.24) is 4.98 Å². The van der Waals surface area contributed by atoms with Crippen LogP contribution in [0.25, 0.3) is 21.7 Å². The van der Waals surface area contributed by atoms with E-state index in [9.17, 15) is 10.1 Å². The lowest BCUT2D eigenvalue weighted by molar-refractivity contribution is -0.140. The van der Waals surface area contributed by atoms with Crippen LogP contribution in [-0.4, -0.2) is 18.1 Å². The van der Waals surface area contributed by atoms with Crippen molar-refractivity contribution >= 4 is 29.1 Å². The van der Waals surface area contributed by atoms with Gasteiger partial charge in [0.15, 0.2) is 0 Å². The lowest BCUT2D eigenvalue weighted by atomic mass is 10.00. The molecule has 0 aliphatic heterocycles. The molecule has 0 spiro atoms. The average Bonchev–Trinajstić information content (AvgIpc) is 3.37. The molecule has 158 valence electrons. The highest BCUT2D eigenvalue weighted by Crippen LogP contribution is 2.41. The maximum absolute atomic E-state index is 12.7. The van der Waals surface area contributed by atoms with E-state index in [0.29, 0.717) is 10.6 Å². The van der Waals surface area contributed by atoms with Gasteiger partial charge in [0.1, 0.15) is 16.3 Å². The molecule has 2 heterocycles. The molecule has 6 heteroatoms. The minimum absolute atomic E-state index is 0.384. The maximum Gasteiger partial charge on any atom is 0.323 e. The Morgan fingerprint density at radius 1 is 1.09 bits per heavy atom. The summed E-state index contributed by atoms with van der Waals surface area (Å²) in [5.41, 5.74) is 4.89. The number of thioether (sulfide) groups is 1. The standard InChI is InChI=1S/C26H20N2O2S2/c1-17-10-12-18(13-11-17)20-15-22(23-9-6-14-31-23)28-25(21(20)16-27)32-24(26(29)30-2)19-7-4-3-5-8-19/h3-15,24H,1-2H3. The Bertz CT molecular complexity index is 1260. The first-order valence-corrected chi connectivity index (χ1v) is 11.7. The molecule has 0 aliphatic rings. The maximum atomic E-state index is 12.7. The second-order valence-corrected chi connectivity index (χ2v) is 9.16. The molecule has 0 aliphatic carbocycles. The lowest BCUT2D eigenvalue weighted by Crippen LogP contribution is -2.12. The molecule has 2 aromatic carbocycles. The van der Waals surface area contributed by atoms with E-state index in [4.69, 9.17) is 9.72 Å². The fraction of sp³-hybridized carbons (Fsp3) is 0.115. The Morgan fingerprint density at radius 3 is 2.47 bits per heavy atom. The number of hydrogen-bond acceptors (Lipinski definition) is 6. The van der Waals surface area contributed by atoms with Gasteiger partial charge in [-0.2, -0.15) is 5.26 Å². The first-order valence-electron chi connectivity index (χ1n) is 9.96. The number of carbonyl (C=O) groups excluding carboxylic acids is 1. The van der Waals surface area contributed by atoms with E-state index in [1.165, 1.54) is 18.9 Å². The van der Waals surface area contributed by atoms with Gasteiger partial charge < -0.3 is 4.74 Å². The fourth-order valence-corrected chi connectivity index (χ4v) is 5.14. The summed E-state index contributed by atoms with van der Waals surface area (Å²) in [7, 11) is 1.37. The Hall–Kier alpha value is -3.40. The summed E-state index contributed by atoms with van der Waals surface area (Å²) in [6, 6.07) is 25.7. The SMILES string of the molecule is COC(=O)C(Sc1nc(-c2cccs2)cc(-c2ccc(C)cc2)c1C#N)c1ccccc1. The van der Waals surface area contributed by atoms with E-state index in [1.54, 1.807) is 11.3 Å². The highest BCUT2D eigenvalue weighted by molar-refractivity contribution is 8.00. The molecule has 32 heavy (non-hydrogen) atoms. The second kappa shape index (κ2) is 9.82. The molecule has 1 atom stereocenters. The van der Waals surface area contributed by atoms with Crippen LogP contribution in [0.4, 0.5) is 0 Å². The topological polar surface area (TPSA) is 63.0 Å². The van der Waals surface area contributed by atoms with E-state index >= 15 is 0 Å². The van der Waals surface area contributed by atoms with Crippen LogP contribution in [0.1, 0.15) is 21.9 Å². The molecular weight excluding hydrogens is 436 g/mol. The average molecular weight is 457 g/mol. The number of aromatic nitrogens is 1. The van der Waals surface area contributed by atoms with Gasteiger partial charge in [-0.15, -0.1) is 11.3 Å². The number of nitrogens with zero attached hydrogens (tertiary/aromatic N) is 2. The summed E-state index contributed by atoms with van der Waals surface area (Å²) < 4.78 is 5.07. The molecule has 0 amide bonds. The van der Waals surface area contributed by atoms with E-state index in [1.807, 2.05) is 85.1 Å². The Labute approximate surface area is 195 Å². The van der Waals surface area contributed by atoms with E-state index in [-0.39, 0.29) is 5.97 Å². The van der Waals surface area contributed by atoms with Crippen LogP contribution in [0.15, 0.2) is 83.2 Å². The van der Waals surface area contributed by atoms with Gasteiger partial charge in [-0.3, -0.25) is 4.79 Å². The summed E-state index contributed by atoms with van der Waals surface area (Å²) >= 11 is 2.83. The van der Waals surface area contributed by atoms with Crippen molar-refractivity contribution in [3.8, 4) is 27.8 Å². The van der Waals surface area contributed by atoms with Crippen molar-refractivity contribution in [3.63, 3.8) is 0 Å². The highest BCUT2D eigenvalue weighted by atomic mass is 32.2. The molecule has 0 saturated carbocycles. The van der Waals surface area contributed by atoms with Gasteiger partial charge in [-0.1, -0.05) is 78.0 Å². The zero-order valence-corrected chi connectivity index (χ0v) is 19.2. The molecular formula is C26H20N2O2S2. The second-order valence-electron chi connectivity index (χ2n) is 7.12. The van der Waals surface area contributed by atoms with Crippen molar-refractivity contribution in [2.45, 2.75) is 17.2 Å². The summed E-state index contributed by atoms with van der Waals surface area (Å²) in [4.78, 5) is 18.5. The number of rotatable bonds is 6. The number of benzene rings is 2. The van der Waals surface area contributed by atoms with E-state index in [2.05, 4.69) is 6.07 Å². The van der Waals surface area contributed by atoms with Crippen molar-refractivity contribution in [1.29, 1.82) is 5.26 Å². The predicted octanol–water partition coefficient (Wildman–Crippen LogP) is 6.66. The third-order valence-electron chi connectivity index (χ3n) is 4.98. The number of carbonyl (C=O) groups is 1. The Kier molecular flexibility index (Phi) is 6.69. The van der Waals surface area contributed by atoms with Crippen LogP contribution >= 0.6 is 23.1 Å². The van der Waals surface area contributed by atoms with E-state index < -0.39 is 5.25 Å². The highest BCUT2D eigenvalue weighted by Gasteiger charge is 2.26. The zero-order valence-electron chi connectivity index (χ0n) is 17.6. The quantitative estimate of drug-likeness (QED) is 0.240. The molecule has 0 fully saturated rings. The van der Waals surface area contributed by atoms with Gasteiger partial charge in [0.2, 0.25) is 0 Å². The summed E-state index contributed by atoms with van der Waals surface area (Å²) in [6.07, 6.45) is 0. The summed E-state index contributed by atoms with van der Waals surface area (Å²) in [5, 5.41) is 12.0. The number of thiophene rings is 1. The first kappa shape index (κ1) is 21.8. The number of methoxy groups -OCH3 is 1. The largest absolute Gasteiger partial charge is 0.468 e. The van der Waals surface area contributed by atoms with Crippen molar-refractivity contribution in [2.24, 2.45) is 0 Å². The molecule has 0 saturated heterocycles. The van der Waals surface area contributed by atoms with Crippen molar-refractivity contribution in [2.75, 3.05) is 7.11 Å². The third kappa shape index (κ3) is 4.59. The van der Waals surface area contributed by atoms with E-state index in [0.717, 1.165) is 32.8 Å². The predicted molar refractivity (Wildman–Crippen MR) is 129 cm³/mol. The number of ether oxygens (including phenoxy) is 1. The van der Waals surface area contributed by atoms with Gasteiger partial charge in [-0.25, -0.2) is 4.98 Å². The molecule has 1 unspecified atom stereocenters. The Balaban J connectivity index is 1.89. The van der Waals surface area contributed by atoms with Crippen LogP contribution in [0.2, 0.25) is 0 Å².